The summed E-state index contributed by atoms with van der Waals surface area (Å²) in [5.41, 5.74) is 2.12. The summed E-state index contributed by atoms with van der Waals surface area (Å²) in [5.74, 6) is -0.149. The zero-order valence-corrected chi connectivity index (χ0v) is 17.0. The second-order valence-electron chi connectivity index (χ2n) is 6.46. The predicted octanol–water partition coefficient (Wildman–Crippen LogP) is 6.06. The van der Waals surface area contributed by atoms with Crippen LogP contribution in [0.2, 0.25) is 10.0 Å². The Morgan fingerprint density at radius 3 is 2.63 bits per heavy atom. The van der Waals surface area contributed by atoms with Gasteiger partial charge in [-0.2, -0.15) is 0 Å². The topological polar surface area (TPSA) is 47.9 Å². The van der Waals surface area contributed by atoms with Crippen molar-refractivity contribution in [2.75, 3.05) is 0 Å². The van der Waals surface area contributed by atoms with E-state index in [0.717, 1.165) is 0 Å². The SMILES string of the molecule is O=C1OC(c2ccc(Cl)c(Cl)c2)=N/C1=C\c1cccc(OCc2cccc(F)c2)c1. The van der Waals surface area contributed by atoms with Crippen LogP contribution < -0.4 is 4.74 Å². The number of halogens is 3. The molecule has 0 radical (unpaired) electrons. The first kappa shape index (κ1) is 20.1. The molecule has 4 rings (SSSR count). The van der Waals surface area contributed by atoms with Crippen LogP contribution >= 0.6 is 23.2 Å². The normalized spacial score (nSPS) is 14.6. The van der Waals surface area contributed by atoms with Crippen LogP contribution in [-0.2, 0) is 16.1 Å². The number of carbonyl (C=O) groups excluding carboxylic acids is 1. The van der Waals surface area contributed by atoms with Gasteiger partial charge >= 0.3 is 5.97 Å². The zero-order chi connectivity index (χ0) is 21.1. The van der Waals surface area contributed by atoms with Crippen LogP contribution in [0.25, 0.3) is 6.08 Å². The highest BCUT2D eigenvalue weighted by molar-refractivity contribution is 6.42. The second kappa shape index (κ2) is 8.69. The number of hydrogen-bond donors (Lipinski definition) is 0. The van der Waals surface area contributed by atoms with E-state index in [-0.39, 0.29) is 24.0 Å². The molecule has 0 unspecified atom stereocenters. The molecule has 0 fully saturated rings. The van der Waals surface area contributed by atoms with E-state index in [1.54, 1.807) is 54.6 Å². The van der Waals surface area contributed by atoms with Gasteiger partial charge in [-0.05, 0) is 59.7 Å². The summed E-state index contributed by atoms with van der Waals surface area (Å²) in [4.78, 5) is 16.5. The zero-order valence-electron chi connectivity index (χ0n) is 15.4. The summed E-state index contributed by atoms with van der Waals surface area (Å²) in [5, 5.41) is 0.740. The number of esters is 1. The first-order chi connectivity index (χ1) is 14.5. The lowest BCUT2D eigenvalue weighted by Crippen LogP contribution is -2.05. The molecule has 30 heavy (non-hydrogen) atoms. The van der Waals surface area contributed by atoms with Crippen LogP contribution in [0.15, 0.2) is 77.4 Å². The van der Waals surface area contributed by atoms with Crippen molar-refractivity contribution in [3.8, 4) is 5.75 Å². The summed E-state index contributed by atoms with van der Waals surface area (Å²) >= 11 is 11.9. The number of ether oxygens (including phenoxy) is 2. The molecule has 1 heterocycles. The minimum absolute atomic E-state index is 0.151. The standard InChI is InChI=1S/C23H14Cl2FNO3/c24-19-8-7-16(12-20(19)25)22-27-21(23(28)30-22)11-14-3-2-6-18(10-14)29-13-15-4-1-5-17(26)9-15/h1-12H,13H2/b21-11-. The third kappa shape index (κ3) is 4.70. The molecule has 0 amide bonds. The van der Waals surface area contributed by atoms with E-state index in [1.807, 2.05) is 6.07 Å². The van der Waals surface area contributed by atoms with Gasteiger partial charge < -0.3 is 9.47 Å². The minimum atomic E-state index is -0.567. The van der Waals surface area contributed by atoms with E-state index < -0.39 is 5.97 Å². The molecule has 3 aromatic carbocycles. The molecule has 1 aliphatic rings. The van der Waals surface area contributed by atoms with E-state index in [0.29, 0.717) is 32.5 Å². The van der Waals surface area contributed by atoms with Crippen molar-refractivity contribution in [2.24, 2.45) is 4.99 Å². The molecule has 150 valence electrons. The van der Waals surface area contributed by atoms with Crippen molar-refractivity contribution in [1.82, 2.24) is 0 Å². The first-order valence-corrected chi connectivity index (χ1v) is 9.69. The smallest absolute Gasteiger partial charge is 0.363 e. The molecule has 0 aromatic heterocycles. The van der Waals surface area contributed by atoms with E-state index in [4.69, 9.17) is 32.7 Å². The van der Waals surface area contributed by atoms with Crippen molar-refractivity contribution in [1.29, 1.82) is 0 Å². The summed E-state index contributed by atoms with van der Waals surface area (Å²) in [6.45, 7) is 0.222. The lowest BCUT2D eigenvalue weighted by Gasteiger charge is -2.07. The Morgan fingerprint density at radius 1 is 1.00 bits per heavy atom. The average molecular weight is 442 g/mol. The van der Waals surface area contributed by atoms with Crippen LogP contribution in [0.5, 0.6) is 5.75 Å². The molecule has 0 spiro atoms. The van der Waals surface area contributed by atoms with Crippen molar-refractivity contribution >= 4 is 41.1 Å². The van der Waals surface area contributed by atoms with Gasteiger partial charge in [0, 0.05) is 5.56 Å². The van der Waals surface area contributed by atoms with Crippen molar-refractivity contribution in [2.45, 2.75) is 6.61 Å². The fourth-order valence-corrected chi connectivity index (χ4v) is 3.11. The Bertz CT molecular complexity index is 1190. The molecule has 0 atom stereocenters. The summed E-state index contributed by atoms with van der Waals surface area (Å²) < 4.78 is 24.3. The third-order valence-corrected chi connectivity index (χ3v) is 4.98. The maximum absolute atomic E-state index is 13.3. The molecule has 0 saturated carbocycles. The van der Waals surface area contributed by atoms with E-state index in [2.05, 4.69) is 4.99 Å². The van der Waals surface area contributed by atoms with Gasteiger partial charge in [0.25, 0.3) is 0 Å². The maximum Gasteiger partial charge on any atom is 0.363 e. The van der Waals surface area contributed by atoms with Gasteiger partial charge in [-0.25, -0.2) is 14.2 Å². The summed E-state index contributed by atoms with van der Waals surface area (Å²) in [7, 11) is 0. The Morgan fingerprint density at radius 2 is 1.83 bits per heavy atom. The van der Waals surface area contributed by atoms with Crippen molar-refractivity contribution < 1.29 is 18.7 Å². The number of carbonyl (C=O) groups is 1. The van der Waals surface area contributed by atoms with Crippen molar-refractivity contribution in [3.05, 3.63) is 105 Å². The average Bonchev–Trinajstić information content (AvgIpc) is 3.09. The van der Waals surface area contributed by atoms with Gasteiger partial charge in [-0.15, -0.1) is 0 Å². The van der Waals surface area contributed by atoms with Crippen LogP contribution in [0.3, 0.4) is 0 Å². The Balaban J connectivity index is 1.52. The molecule has 3 aromatic rings. The molecule has 7 heteroatoms. The quantitative estimate of drug-likeness (QED) is 0.357. The fraction of sp³-hybridized carbons (Fsp3) is 0.0435. The summed E-state index contributed by atoms with van der Waals surface area (Å²) in [6, 6.07) is 18.2. The van der Waals surface area contributed by atoms with E-state index >= 15 is 0 Å². The number of nitrogens with zero attached hydrogens (tertiary/aromatic N) is 1. The van der Waals surface area contributed by atoms with Gasteiger partial charge in [0.2, 0.25) is 5.90 Å². The highest BCUT2D eigenvalue weighted by Gasteiger charge is 2.24. The third-order valence-electron chi connectivity index (χ3n) is 4.24. The number of aliphatic imine (C=N–C) groups is 1. The van der Waals surface area contributed by atoms with Gasteiger partial charge in [0.05, 0.1) is 10.0 Å². The van der Waals surface area contributed by atoms with Crippen LogP contribution in [0.1, 0.15) is 16.7 Å². The Labute approximate surface area is 182 Å². The molecule has 0 bridgehead atoms. The number of benzene rings is 3. The molecule has 0 saturated heterocycles. The molecular formula is C23H14Cl2FNO3. The van der Waals surface area contributed by atoms with Gasteiger partial charge in [0.15, 0.2) is 5.70 Å². The van der Waals surface area contributed by atoms with Crippen molar-refractivity contribution in [3.63, 3.8) is 0 Å². The van der Waals surface area contributed by atoms with Crippen LogP contribution in [-0.4, -0.2) is 11.9 Å². The minimum Gasteiger partial charge on any atom is -0.489 e. The molecule has 1 aliphatic heterocycles. The molecule has 0 aliphatic carbocycles. The lowest BCUT2D eigenvalue weighted by atomic mass is 10.2. The number of hydrogen-bond acceptors (Lipinski definition) is 4. The van der Waals surface area contributed by atoms with Gasteiger partial charge in [-0.1, -0.05) is 47.5 Å². The second-order valence-corrected chi connectivity index (χ2v) is 7.27. The lowest BCUT2D eigenvalue weighted by molar-refractivity contribution is -0.129. The number of cyclic esters (lactones) is 1. The van der Waals surface area contributed by atoms with E-state index in [1.165, 1.54) is 12.1 Å². The van der Waals surface area contributed by atoms with Gasteiger partial charge in [-0.3, -0.25) is 0 Å². The molecular weight excluding hydrogens is 428 g/mol. The summed E-state index contributed by atoms with van der Waals surface area (Å²) in [6.07, 6.45) is 1.60. The van der Waals surface area contributed by atoms with Gasteiger partial charge in [0.1, 0.15) is 18.2 Å². The number of rotatable bonds is 5. The van der Waals surface area contributed by atoms with Crippen LogP contribution in [0, 0.1) is 5.82 Å². The maximum atomic E-state index is 13.3. The van der Waals surface area contributed by atoms with E-state index in [9.17, 15) is 9.18 Å². The fourth-order valence-electron chi connectivity index (χ4n) is 2.81. The predicted molar refractivity (Wildman–Crippen MR) is 114 cm³/mol. The largest absolute Gasteiger partial charge is 0.489 e. The highest BCUT2D eigenvalue weighted by Crippen LogP contribution is 2.26. The Hall–Kier alpha value is -3.15. The highest BCUT2D eigenvalue weighted by atomic mass is 35.5. The van der Waals surface area contributed by atoms with Crippen LogP contribution in [0.4, 0.5) is 4.39 Å². The Kier molecular flexibility index (Phi) is 5.84. The monoisotopic (exact) mass is 441 g/mol. The first-order valence-electron chi connectivity index (χ1n) is 8.93. The molecule has 4 nitrogen and oxygen atoms in total. The molecule has 0 N–H and O–H groups in total.